The topological polar surface area (TPSA) is 93.1 Å². The lowest BCUT2D eigenvalue weighted by molar-refractivity contribution is -0.418. The first-order chi connectivity index (χ1) is 19.4. The van der Waals surface area contributed by atoms with Gasteiger partial charge in [-0.3, -0.25) is 4.79 Å². The smallest absolute Gasteiger partial charge is 0.342 e. The fourth-order valence-electron chi connectivity index (χ4n) is 7.38. The molecule has 2 N–H and O–H groups in total. The lowest BCUT2D eigenvalue weighted by atomic mass is 9.45. The molecule has 3 aliphatic rings. The summed E-state index contributed by atoms with van der Waals surface area (Å²) in [7, 11) is 0. The second-order valence-electron chi connectivity index (χ2n) is 11.0. The molecule has 200 valence electrons. The summed E-state index contributed by atoms with van der Waals surface area (Å²) in [6, 6.07) is 36.2. The molecule has 7 rings (SSSR count). The molecule has 6 heteroatoms. The van der Waals surface area contributed by atoms with Gasteiger partial charge in [-0.2, -0.15) is 0 Å². The minimum absolute atomic E-state index is 0.113. The Labute approximate surface area is 231 Å². The number of Topliss-reactive ketones (excluding diaryl/α,β-unsaturated/α-hetero) is 1. The minimum atomic E-state index is -2.38. The molecule has 6 atom stereocenters. The first-order valence-electron chi connectivity index (χ1n) is 13.5. The zero-order valence-corrected chi connectivity index (χ0v) is 21.6. The van der Waals surface area contributed by atoms with E-state index in [1.165, 1.54) is 0 Å². The van der Waals surface area contributed by atoms with Crippen molar-refractivity contribution in [3.63, 3.8) is 0 Å². The van der Waals surface area contributed by atoms with Gasteiger partial charge in [0.05, 0.1) is 0 Å². The number of hydrogen-bond donors (Lipinski definition) is 2. The molecule has 0 spiro atoms. The van der Waals surface area contributed by atoms with Gasteiger partial charge in [0.25, 0.3) is 0 Å². The van der Waals surface area contributed by atoms with Crippen LogP contribution in [0.5, 0.6) is 0 Å². The number of carbonyl (C=O) groups is 2. The Morgan fingerprint density at radius 1 is 0.700 bits per heavy atom. The van der Waals surface area contributed by atoms with Gasteiger partial charge in [-0.1, -0.05) is 121 Å². The number of ketones is 1. The minimum Gasteiger partial charge on any atom is -0.450 e. The van der Waals surface area contributed by atoms with Gasteiger partial charge < -0.3 is 19.7 Å². The fourth-order valence-corrected chi connectivity index (χ4v) is 7.38. The molecule has 6 nitrogen and oxygen atoms in total. The van der Waals surface area contributed by atoms with E-state index in [0.29, 0.717) is 5.56 Å². The van der Waals surface area contributed by atoms with Crippen molar-refractivity contribution in [2.75, 3.05) is 0 Å². The highest BCUT2D eigenvalue weighted by atomic mass is 16.7. The van der Waals surface area contributed by atoms with Crippen LogP contribution in [0.25, 0.3) is 0 Å². The van der Waals surface area contributed by atoms with Crippen molar-refractivity contribution in [3.8, 4) is 0 Å². The summed E-state index contributed by atoms with van der Waals surface area (Å²) in [4.78, 5) is 28.4. The predicted octanol–water partition coefficient (Wildman–Crippen LogP) is 4.41. The van der Waals surface area contributed by atoms with E-state index in [9.17, 15) is 19.8 Å². The Balaban J connectivity index is 1.54. The molecular formula is C34H28O6. The van der Waals surface area contributed by atoms with Crippen LogP contribution in [0.2, 0.25) is 0 Å². The van der Waals surface area contributed by atoms with Crippen LogP contribution >= 0.6 is 0 Å². The molecule has 4 aromatic carbocycles. The third kappa shape index (κ3) is 2.93. The number of carbonyl (C=O) groups excluding carboxylic acids is 2. The third-order valence-electron chi connectivity index (χ3n) is 9.03. The normalized spacial score (nSPS) is 34.4. The molecule has 2 saturated heterocycles. The lowest BCUT2D eigenvalue weighted by Gasteiger charge is -2.69. The van der Waals surface area contributed by atoms with Crippen molar-refractivity contribution < 1.29 is 29.3 Å². The molecule has 1 saturated carbocycles. The van der Waals surface area contributed by atoms with Crippen molar-refractivity contribution in [2.45, 2.75) is 47.3 Å². The number of hydrogen-bond acceptors (Lipinski definition) is 6. The quantitative estimate of drug-likeness (QED) is 0.370. The van der Waals surface area contributed by atoms with Crippen molar-refractivity contribution in [3.05, 3.63) is 144 Å². The molecule has 4 aromatic rings. The summed E-state index contributed by atoms with van der Waals surface area (Å²) in [6.07, 6.45) is -1.16. The summed E-state index contributed by atoms with van der Waals surface area (Å²) in [5.41, 5.74) is -6.12. The largest absolute Gasteiger partial charge is 0.450 e. The van der Waals surface area contributed by atoms with Crippen LogP contribution in [0.15, 0.2) is 121 Å². The molecule has 40 heavy (non-hydrogen) atoms. The molecular weight excluding hydrogens is 504 g/mol. The monoisotopic (exact) mass is 532 g/mol. The predicted molar refractivity (Wildman–Crippen MR) is 146 cm³/mol. The van der Waals surface area contributed by atoms with Gasteiger partial charge in [0.2, 0.25) is 5.60 Å². The number of ether oxygens (including phenoxy) is 2. The highest BCUT2D eigenvalue weighted by Gasteiger charge is 2.95. The van der Waals surface area contributed by atoms with E-state index in [1.54, 1.807) is 54.6 Å². The Morgan fingerprint density at radius 3 is 1.82 bits per heavy atom. The average Bonchev–Trinajstić information content (AvgIpc) is 3.14. The van der Waals surface area contributed by atoms with Crippen LogP contribution in [-0.4, -0.2) is 38.8 Å². The van der Waals surface area contributed by atoms with Crippen molar-refractivity contribution in [2.24, 2.45) is 0 Å². The maximum absolute atomic E-state index is 14.3. The molecule has 0 aromatic heterocycles. The summed E-state index contributed by atoms with van der Waals surface area (Å²) in [6.45, 7) is 0. The maximum atomic E-state index is 14.3. The molecule has 2 aliphatic heterocycles. The second kappa shape index (κ2) is 8.70. The molecule has 0 amide bonds. The zero-order chi connectivity index (χ0) is 27.6. The zero-order valence-electron chi connectivity index (χ0n) is 21.6. The molecule has 0 bridgehead atoms. The van der Waals surface area contributed by atoms with Crippen LogP contribution in [0, 0.1) is 0 Å². The third-order valence-corrected chi connectivity index (χ3v) is 9.03. The molecule has 1 unspecified atom stereocenters. The molecule has 2 heterocycles. The molecule has 3 fully saturated rings. The van der Waals surface area contributed by atoms with E-state index in [-0.39, 0.29) is 18.4 Å². The Bertz CT molecular complexity index is 1580. The lowest BCUT2D eigenvalue weighted by Crippen LogP contribution is -2.88. The second-order valence-corrected chi connectivity index (χ2v) is 11.0. The fraction of sp³-hybridized carbons (Fsp3) is 0.235. The van der Waals surface area contributed by atoms with E-state index in [0.717, 1.165) is 11.1 Å². The van der Waals surface area contributed by atoms with Crippen molar-refractivity contribution in [1.82, 2.24) is 0 Å². The van der Waals surface area contributed by atoms with Gasteiger partial charge >= 0.3 is 5.97 Å². The van der Waals surface area contributed by atoms with E-state index in [4.69, 9.17) is 9.47 Å². The van der Waals surface area contributed by atoms with Gasteiger partial charge in [-0.25, -0.2) is 4.79 Å². The highest BCUT2D eigenvalue weighted by Crippen LogP contribution is 2.76. The van der Waals surface area contributed by atoms with E-state index >= 15 is 0 Å². The van der Waals surface area contributed by atoms with Crippen LogP contribution in [0.1, 0.15) is 40.7 Å². The number of benzene rings is 4. The van der Waals surface area contributed by atoms with Gasteiger partial charge in [-0.15, -0.1) is 0 Å². The molecule has 1 aliphatic carbocycles. The van der Waals surface area contributed by atoms with Gasteiger partial charge in [0.1, 0.15) is 6.10 Å². The average molecular weight is 533 g/mol. The van der Waals surface area contributed by atoms with Crippen LogP contribution < -0.4 is 0 Å². The van der Waals surface area contributed by atoms with Crippen molar-refractivity contribution in [1.29, 1.82) is 0 Å². The standard InChI is InChI=1S/C34H28O6/c35-28-21-27(24-15-7-2-8-16-24)33-29(25-17-9-3-10-18-25)39-34(33,32(28,38)26-19-11-4-12-20-26)31(37,30(36)40-33)22-23-13-5-1-6-14-23/h1-20,27,29,37-38H,21-22H2/t27-,29?,31-,32-,33+,34-/m0/s1. The maximum Gasteiger partial charge on any atom is 0.342 e. The summed E-state index contributed by atoms with van der Waals surface area (Å²) < 4.78 is 13.1. The summed E-state index contributed by atoms with van der Waals surface area (Å²) in [5, 5.41) is 25.4. The summed E-state index contributed by atoms with van der Waals surface area (Å²) in [5.74, 6) is -2.14. The van der Waals surface area contributed by atoms with Crippen LogP contribution in [-0.2, 0) is 31.1 Å². The number of esters is 1. The first-order valence-corrected chi connectivity index (χ1v) is 13.5. The van der Waals surface area contributed by atoms with E-state index < -0.39 is 46.2 Å². The van der Waals surface area contributed by atoms with E-state index in [1.807, 2.05) is 66.7 Å². The SMILES string of the molecule is O=C1C[C@@H](c2ccccc2)[C@]23OC(=O)[C@@](O)(Cc4ccccc4)[C@]2(OC3c2ccccc2)[C@]1(O)c1ccccc1. The van der Waals surface area contributed by atoms with Crippen LogP contribution in [0.3, 0.4) is 0 Å². The number of rotatable bonds is 5. The Kier molecular flexibility index (Phi) is 5.42. The van der Waals surface area contributed by atoms with Gasteiger partial charge in [0.15, 0.2) is 22.6 Å². The number of aliphatic hydroxyl groups is 2. The first kappa shape index (κ1) is 24.9. The highest BCUT2D eigenvalue weighted by molar-refractivity contribution is 5.99. The van der Waals surface area contributed by atoms with Crippen molar-refractivity contribution >= 4 is 11.8 Å². The van der Waals surface area contributed by atoms with Gasteiger partial charge in [0, 0.05) is 18.8 Å². The molecule has 0 radical (unpaired) electrons. The Hall–Kier alpha value is -4.10. The van der Waals surface area contributed by atoms with Gasteiger partial charge in [-0.05, 0) is 22.3 Å². The summed E-state index contributed by atoms with van der Waals surface area (Å²) >= 11 is 0. The Morgan fingerprint density at radius 2 is 1.23 bits per heavy atom. The van der Waals surface area contributed by atoms with Crippen LogP contribution in [0.4, 0.5) is 0 Å². The van der Waals surface area contributed by atoms with E-state index in [2.05, 4.69) is 0 Å².